The van der Waals surface area contributed by atoms with Crippen LogP contribution in [0.5, 0.6) is 5.75 Å². The second kappa shape index (κ2) is 3.77. The molecule has 0 fully saturated rings. The first-order chi connectivity index (χ1) is 7.93. The molecule has 2 nitrogen and oxygen atoms in total. The Morgan fingerprint density at radius 2 is 2.00 bits per heavy atom. The molecule has 0 unspecified atom stereocenters. The first kappa shape index (κ1) is 11.5. The molecule has 1 heterocycles. The monoisotopic (exact) mass is 243 g/mol. The van der Waals surface area contributed by atoms with Crippen LogP contribution in [0.3, 0.4) is 0 Å². The van der Waals surface area contributed by atoms with E-state index in [4.69, 9.17) is 5.26 Å². The molecule has 0 amide bonds. The minimum absolute atomic E-state index is 0.135. The summed E-state index contributed by atoms with van der Waals surface area (Å²) in [5.41, 5.74) is -0.792. The molecule has 1 aromatic rings. The van der Waals surface area contributed by atoms with Crippen LogP contribution in [0.15, 0.2) is 23.8 Å². The summed E-state index contributed by atoms with van der Waals surface area (Å²) in [7, 11) is 0. The van der Waals surface area contributed by atoms with Gasteiger partial charge in [0.25, 0.3) is 0 Å². The molecule has 0 bridgehead atoms. The normalized spacial score (nSPS) is 18.8. The SMILES string of the molecule is N#CC1=Cc2c(F)cccc2O[C@@H]1C(F)(F)F. The zero-order valence-electron chi connectivity index (χ0n) is 8.25. The predicted molar refractivity (Wildman–Crippen MR) is 50.5 cm³/mol. The summed E-state index contributed by atoms with van der Waals surface area (Å²) in [5.74, 6) is -0.942. The highest BCUT2D eigenvalue weighted by atomic mass is 19.4. The van der Waals surface area contributed by atoms with Crippen LogP contribution in [0.1, 0.15) is 5.56 Å². The van der Waals surface area contributed by atoms with E-state index in [2.05, 4.69) is 4.74 Å². The lowest BCUT2D eigenvalue weighted by Crippen LogP contribution is -2.37. The average Bonchev–Trinajstić information content (AvgIpc) is 2.27. The smallest absolute Gasteiger partial charge is 0.430 e. The summed E-state index contributed by atoms with van der Waals surface area (Å²) in [6.45, 7) is 0. The molecule has 0 saturated carbocycles. The van der Waals surface area contributed by atoms with Crippen molar-refractivity contribution in [3.63, 3.8) is 0 Å². The van der Waals surface area contributed by atoms with E-state index in [1.54, 1.807) is 0 Å². The van der Waals surface area contributed by atoms with Gasteiger partial charge >= 0.3 is 6.18 Å². The van der Waals surface area contributed by atoms with Gasteiger partial charge in [-0.2, -0.15) is 18.4 Å². The summed E-state index contributed by atoms with van der Waals surface area (Å²) in [5, 5.41) is 8.62. The third-order valence-corrected chi connectivity index (χ3v) is 2.27. The van der Waals surface area contributed by atoms with Crippen LogP contribution in [0.25, 0.3) is 6.08 Å². The minimum atomic E-state index is -4.70. The molecule has 0 saturated heterocycles. The quantitative estimate of drug-likeness (QED) is 0.656. The zero-order valence-corrected chi connectivity index (χ0v) is 8.25. The molecule has 0 aliphatic carbocycles. The molecule has 17 heavy (non-hydrogen) atoms. The third kappa shape index (κ3) is 1.96. The second-order valence-corrected chi connectivity index (χ2v) is 3.40. The van der Waals surface area contributed by atoms with E-state index < -0.39 is 23.7 Å². The van der Waals surface area contributed by atoms with Gasteiger partial charge in [0.15, 0.2) is 0 Å². The van der Waals surface area contributed by atoms with Crippen LogP contribution in [0.2, 0.25) is 0 Å². The van der Waals surface area contributed by atoms with Crippen LogP contribution in [0.4, 0.5) is 17.6 Å². The standard InChI is InChI=1S/C11H5F4NO/c12-8-2-1-3-9-7(8)4-6(5-16)10(17-9)11(13,14)15/h1-4,10H/t10-/m0/s1. The summed E-state index contributed by atoms with van der Waals surface area (Å²) in [6.07, 6.45) is -6.17. The summed E-state index contributed by atoms with van der Waals surface area (Å²) in [4.78, 5) is 0. The molecule has 0 aromatic heterocycles. The third-order valence-electron chi connectivity index (χ3n) is 2.27. The lowest BCUT2D eigenvalue weighted by Gasteiger charge is -2.25. The number of ether oxygens (including phenoxy) is 1. The number of benzene rings is 1. The van der Waals surface area contributed by atoms with Gasteiger partial charge in [-0.1, -0.05) is 6.07 Å². The molecule has 1 atom stereocenters. The van der Waals surface area contributed by atoms with Crippen molar-refractivity contribution in [3.05, 3.63) is 35.2 Å². The summed E-state index contributed by atoms with van der Waals surface area (Å²) >= 11 is 0. The summed E-state index contributed by atoms with van der Waals surface area (Å²) in [6, 6.07) is 4.93. The van der Waals surface area contributed by atoms with Crippen LogP contribution >= 0.6 is 0 Å². The van der Waals surface area contributed by atoms with Gasteiger partial charge in [-0.05, 0) is 18.2 Å². The number of fused-ring (bicyclic) bond motifs is 1. The Labute approximate surface area is 93.7 Å². The molecule has 6 heteroatoms. The Morgan fingerprint density at radius 1 is 1.29 bits per heavy atom. The maximum absolute atomic E-state index is 13.3. The largest absolute Gasteiger partial charge is 0.475 e. The van der Waals surface area contributed by atoms with Crippen molar-refractivity contribution in [2.45, 2.75) is 12.3 Å². The zero-order chi connectivity index (χ0) is 12.6. The lowest BCUT2D eigenvalue weighted by atomic mass is 10.0. The van der Waals surface area contributed by atoms with Gasteiger partial charge in [0, 0.05) is 0 Å². The molecule has 0 radical (unpaired) electrons. The molecule has 88 valence electrons. The van der Waals surface area contributed by atoms with E-state index in [0.717, 1.165) is 12.1 Å². The van der Waals surface area contributed by atoms with Gasteiger partial charge in [-0.25, -0.2) is 4.39 Å². The predicted octanol–water partition coefficient (Wildman–Crippen LogP) is 3.06. The van der Waals surface area contributed by atoms with E-state index in [9.17, 15) is 17.6 Å². The van der Waals surface area contributed by atoms with Crippen molar-refractivity contribution in [3.8, 4) is 11.8 Å². The van der Waals surface area contributed by atoms with E-state index in [0.29, 0.717) is 0 Å². The highest BCUT2D eigenvalue weighted by molar-refractivity contribution is 5.67. The fourth-order valence-corrected chi connectivity index (χ4v) is 1.52. The number of nitriles is 1. The van der Waals surface area contributed by atoms with Gasteiger partial charge in [0.2, 0.25) is 6.10 Å². The Balaban J connectivity index is 2.54. The molecule has 0 spiro atoms. The number of hydrogen-bond acceptors (Lipinski definition) is 2. The van der Waals surface area contributed by atoms with Gasteiger partial charge in [-0.15, -0.1) is 0 Å². The molecule has 1 aliphatic rings. The van der Waals surface area contributed by atoms with Crippen molar-refractivity contribution in [1.29, 1.82) is 5.26 Å². The Kier molecular flexibility index (Phi) is 2.54. The van der Waals surface area contributed by atoms with Crippen molar-refractivity contribution in [2.24, 2.45) is 0 Å². The average molecular weight is 243 g/mol. The van der Waals surface area contributed by atoms with E-state index in [1.165, 1.54) is 18.2 Å². The number of hydrogen-bond donors (Lipinski definition) is 0. The number of halogens is 4. The van der Waals surface area contributed by atoms with Gasteiger partial charge in [0.1, 0.15) is 11.6 Å². The Hall–Kier alpha value is -2.03. The van der Waals surface area contributed by atoms with E-state index >= 15 is 0 Å². The second-order valence-electron chi connectivity index (χ2n) is 3.40. The van der Waals surface area contributed by atoms with Gasteiger partial charge in [-0.3, -0.25) is 0 Å². The lowest BCUT2D eigenvalue weighted by molar-refractivity contribution is -0.182. The fraction of sp³-hybridized carbons (Fsp3) is 0.182. The topological polar surface area (TPSA) is 33.0 Å². The first-order valence-electron chi connectivity index (χ1n) is 4.57. The first-order valence-corrected chi connectivity index (χ1v) is 4.57. The van der Waals surface area contributed by atoms with Crippen LogP contribution in [-0.4, -0.2) is 12.3 Å². The van der Waals surface area contributed by atoms with Crippen LogP contribution in [0, 0.1) is 17.1 Å². The van der Waals surface area contributed by atoms with E-state index in [1.807, 2.05) is 0 Å². The maximum atomic E-state index is 13.3. The minimum Gasteiger partial charge on any atom is -0.475 e. The van der Waals surface area contributed by atoms with Crippen LogP contribution < -0.4 is 4.74 Å². The molecular weight excluding hydrogens is 238 g/mol. The Morgan fingerprint density at radius 3 is 2.59 bits per heavy atom. The molecule has 1 aromatic carbocycles. The van der Waals surface area contributed by atoms with Crippen molar-refractivity contribution < 1.29 is 22.3 Å². The number of rotatable bonds is 0. The van der Waals surface area contributed by atoms with Crippen molar-refractivity contribution in [1.82, 2.24) is 0 Å². The Bertz CT molecular complexity index is 527. The van der Waals surface area contributed by atoms with Gasteiger partial charge < -0.3 is 4.74 Å². The maximum Gasteiger partial charge on any atom is 0.430 e. The van der Waals surface area contributed by atoms with Crippen molar-refractivity contribution in [2.75, 3.05) is 0 Å². The fourth-order valence-electron chi connectivity index (χ4n) is 1.52. The molecular formula is C11H5F4NO. The molecule has 1 aliphatic heterocycles. The van der Waals surface area contributed by atoms with Crippen LogP contribution in [-0.2, 0) is 0 Å². The molecule has 0 N–H and O–H groups in total. The van der Waals surface area contributed by atoms with Crippen molar-refractivity contribution >= 4 is 6.08 Å². The van der Waals surface area contributed by atoms with E-state index in [-0.39, 0.29) is 11.3 Å². The number of nitrogens with zero attached hydrogens (tertiary/aromatic N) is 1. The van der Waals surface area contributed by atoms with Gasteiger partial charge in [0.05, 0.1) is 17.2 Å². The highest BCUT2D eigenvalue weighted by Crippen LogP contribution is 2.37. The number of alkyl halides is 3. The summed E-state index contributed by atoms with van der Waals surface area (Å²) < 4.78 is 55.6. The highest BCUT2D eigenvalue weighted by Gasteiger charge is 2.46. The molecule has 2 rings (SSSR count).